The lowest BCUT2D eigenvalue weighted by atomic mass is 10.2. The zero-order chi connectivity index (χ0) is 15.4. The molecule has 6 heteroatoms. The van der Waals surface area contributed by atoms with E-state index in [4.69, 9.17) is 23.2 Å². The lowest BCUT2D eigenvalue weighted by Gasteiger charge is -2.26. The highest BCUT2D eigenvalue weighted by atomic mass is 35.5. The summed E-state index contributed by atoms with van der Waals surface area (Å²) in [6, 6.07) is 8.70. The van der Waals surface area contributed by atoms with Crippen LogP contribution in [0.25, 0.3) is 0 Å². The molecule has 21 heavy (non-hydrogen) atoms. The van der Waals surface area contributed by atoms with E-state index in [1.54, 1.807) is 23.2 Å². The van der Waals surface area contributed by atoms with Gasteiger partial charge in [-0.1, -0.05) is 29.3 Å². The summed E-state index contributed by atoms with van der Waals surface area (Å²) in [6.45, 7) is 4.25. The van der Waals surface area contributed by atoms with E-state index in [0.29, 0.717) is 6.54 Å². The van der Waals surface area contributed by atoms with E-state index in [0.717, 1.165) is 5.69 Å². The third-order valence-corrected chi connectivity index (χ3v) is 3.47. The van der Waals surface area contributed by atoms with E-state index in [9.17, 15) is 4.79 Å². The Labute approximate surface area is 133 Å². The Bertz CT molecular complexity index is 632. The van der Waals surface area contributed by atoms with E-state index in [1.165, 1.54) is 0 Å². The maximum Gasteiger partial charge on any atom is 0.274 e. The van der Waals surface area contributed by atoms with E-state index in [2.05, 4.69) is 9.97 Å². The van der Waals surface area contributed by atoms with Crippen molar-refractivity contribution >= 4 is 29.1 Å². The highest BCUT2D eigenvalue weighted by molar-refractivity contribution is 6.34. The Morgan fingerprint density at radius 3 is 2.62 bits per heavy atom. The Balaban J connectivity index is 2.30. The molecular formula is C15H15Cl2N3O. The van der Waals surface area contributed by atoms with Crippen molar-refractivity contribution in [3.63, 3.8) is 0 Å². The largest absolute Gasteiger partial charge is 0.329 e. The quantitative estimate of drug-likeness (QED) is 0.803. The average Bonchev–Trinajstić information content (AvgIpc) is 2.47. The first-order chi connectivity index (χ1) is 9.99. The molecule has 0 spiro atoms. The summed E-state index contributed by atoms with van der Waals surface area (Å²) in [5.74, 6) is -0.261. The second-order valence-corrected chi connectivity index (χ2v) is 5.61. The van der Waals surface area contributed by atoms with Gasteiger partial charge in [-0.15, -0.1) is 0 Å². The topological polar surface area (TPSA) is 46.1 Å². The molecule has 0 aliphatic carbocycles. The van der Waals surface area contributed by atoms with Crippen LogP contribution in [-0.4, -0.2) is 26.8 Å². The molecule has 0 aromatic carbocycles. The van der Waals surface area contributed by atoms with Crippen LogP contribution in [0.3, 0.4) is 0 Å². The predicted molar refractivity (Wildman–Crippen MR) is 83.5 cm³/mol. The molecule has 4 nitrogen and oxygen atoms in total. The van der Waals surface area contributed by atoms with Crippen molar-refractivity contribution in [3.05, 3.63) is 58.1 Å². The van der Waals surface area contributed by atoms with Gasteiger partial charge < -0.3 is 4.90 Å². The highest BCUT2D eigenvalue weighted by Crippen LogP contribution is 2.20. The fourth-order valence-electron chi connectivity index (χ4n) is 1.86. The number of rotatable bonds is 4. The summed E-state index contributed by atoms with van der Waals surface area (Å²) in [4.78, 5) is 22.6. The molecule has 0 saturated heterocycles. The Morgan fingerprint density at radius 1 is 1.24 bits per heavy atom. The van der Waals surface area contributed by atoms with Crippen molar-refractivity contribution in [1.29, 1.82) is 0 Å². The Morgan fingerprint density at radius 2 is 2.00 bits per heavy atom. The fourth-order valence-corrected chi connectivity index (χ4v) is 2.19. The summed E-state index contributed by atoms with van der Waals surface area (Å²) in [6.07, 6.45) is 1.70. The smallest absolute Gasteiger partial charge is 0.274 e. The maximum atomic E-state index is 12.7. The van der Waals surface area contributed by atoms with Gasteiger partial charge in [-0.05, 0) is 38.1 Å². The molecule has 0 N–H and O–H groups in total. The van der Waals surface area contributed by atoms with Crippen LogP contribution in [0.5, 0.6) is 0 Å². The van der Waals surface area contributed by atoms with Crippen LogP contribution in [0.15, 0.2) is 36.5 Å². The number of halogens is 2. The number of carbonyl (C=O) groups is 1. The Hall–Kier alpha value is -1.65. The van der Waals surface area contributed by atoms with Gasteiger partial charge in [-0.3, -0.25) is 9.78 Å². The number of pyridine rings is 2. The minimum atomic E-state index is -0.261. The van der Waals surface area contributed by atoms with E-state index in [-0.39, 0.29) is 27.8 Å². The van der Waals surface area contributed by atoms with Gasteiger partial charge in [0.25, 0.3) is 5.91 Å². The van der Waals surface area contributed by atoms with Crippen molar-refractivity contribution in [2.45, 2.75) is 26.4 Å². The minimum Gasteiger partial charge on any atom is -0.329 e. The van der Waals surface area contributed by atoms with Gasteiger partial charge in [-0.2, -0.15) is 0 Å². The van der Waals surface area contributed by atoms with Gasteiger partial charge in [0.2, 0.25) is 0 Å². The standard InChI is InChI=1S/C15H15Cl2N3O/c1-10(2)20(9-11-5-3-4-8-18-11)15(21)14-12(16)6-7-13(17)19-14/h3-8,10H,9H2,1-2H3. The monoisotopic (exact) mass is 323 g/mol. The molecule has 2 aromatic heterocycles. The first-order valence-electron chi connectivity index (χ1n) is 6.52. The molecule has 0 fully saturated rings. The number of amides is 1. The van der Waals surface area contributed by atoms with Gasteiger partial charge in [0.1, 0.15) is 10.8 Å². The molecule has 0 aliphatic rings. The summed E-state index contributed by atoms with van der Waals surface area (Å²) >= 11 is 11.9. The molecule has 110 valence electrons. The third-order valence-electron chi connectivity index (χ3n) is 2.96. The summed E-state index contributed by atoms with van der Waals surface area (Å²) < 4.78 is 0. The molecule has 0 bridgehead atoms. The van der Waals surface area contributed by atoms with E-state index in [1.807, 2.05) is 32.0 Å². The summed E-state index contributed by atoms with van der Waals surface area (Å²) in [5.41, 5.74) is 0.964. The zero-order valence-corrected chi connectivity index (χ0v) is 13.3. The number of nitrogens with zero attached hydrogens (tertiary/aromatic N) is 3. The molecule has 0 atom stereocenters. The van der Waals surface area contributed by atoms with Crippen LogP contribution in [0.1, 0.15) is 30.0 Å². The normalized spacial score (nSPS) is 10.7. The molecular weight excluding hydrogens is 309 g/mol. The number of carbonyl (C=O) groups excluding carboxylic acids is 1. The molecule has 1 amide bonds. The molecule has 0 unspecified atom stereocenters. The third kappa shape index (κ3) is 3.93. The SMILES string of the molecule is CC(C)N(Cc1ccccn1)C(=O)c1nc(Cl)ccc1Cl. The molecule has 0 aliphatic heterocycles. The van der Waals surface area contributed by atoms with Crippen LogP contribution in [0, 0.1) is 0 Å². The van der Waals surface area contributed by atoms with Crippen molar-refractivity contribution in [1.82, 2.24) is 14.9 Å². The lowest BCUT2D eigenvalue weighted by molar-refractivity contribution is 0.0682. The first-order valence-corrected chi connectivity index (χ1v) is 7.27. The fraction of sp³-hybridized carbons (Fsp3) is 0.267. The highest BCUT2D eigenvalue weighted by Gasteiger charge is 2.23. The van der Waals surface area contributed by atoms with Crippen LogP contribution < -0.4 is 0 Å². The molecule has 2 rings (SSSR count). The van der Waals surface area contributed by atoms with Gasteiger partial charge in [0.15, 0.2) is 0 Å². The number of aromatic nitrogens is 2. The predicted octanol–water partition coefficient (Wildman–Crippen LogP) is 3.83. The zero-order valence-electron chi connectivity index (χ0n) is 11.8. The average molecular weight is 324 g/mol. The Kier molecular flexibility index (Phi) is 5.15. The minimum absolute atomic E-state index is 0.0173. The van der Waals surface area contributed by atoms with Crippen LogP contribution >= 0.6 is 23.2 Å². The van der Waals surface area contributed by atoms with Crippen molar-refractivity contribution < 1.29 is 4.79 Å². The number of hydrogen-bond acceptors (Lipinski definition) is 3. The maximum absolute atomic E-state index is 12.7. The van der Waals surface area contributed by atoms with Crippen molar-refractivity contribution in [2.75, 3.05) is 0 Å². The van der Waals surface area contributed by atoms with Gasteiger partial charge in [0, 0.05) is 12.2 Å². The van der Waals surface area contributed by atoms with Crippen LogP contribution in [0.2, 0.25) is 10.2 Å². The van der Waals surface area contributed by atoms with Crippen molar-refractivity contribution in [2.24, 2.45) is 0 Å². The van der Waals surface area contributed by atoms with Crippen LogP contribution in [0.4, 0.5) is 0 Å². The van der Waals surface area contributed by atoms with E-state index < -0.39 is 0 Å². The first kappa shape index (κ1) is 15.7. The summed E-state index contributed by atoms with van der Waals surface area (Å²) in [5, 5.41) is 0.528. The summed E-state index contributed by atoms with van der Waals surface area (Å²) in [7, 11) is 0. The second kappa shape index (κ2) is 6.87. The van der Waals surface area contributed by atoms with Gasteiger partial charge in [-0.25, -0.2) is 4.98 Å². The molecule has 0 radical (unpaired) electrons. The molecule has 2 aromatic rings. The van der Waals surface area contributed by atoms with E-state index >= 15 is 0 Å². The lowest BCUT2D eigenvalue weighted by Crippen LogP contribution is -2.37. The van der Waals surface area contributed by atoms with Crippen LogP contribution in [-0.2, 0) is 6.54 Å². The van der Waals surface area contributed by atoms with Crippen molar-refractivity contribution in [3.8, 4) is 0 Å². The second-order valence-electron chi connectivity index (χ2n) is 4.81. The van der Waals surface area contributed by atoms with Gasteiger partial charge >= 0.3 is 0 Å². The molecule has 2 heterocycles. The van der Waals surface area contributed by atoms with Gasteiger partial charge in [0.05, 0.1) is 17.3 Å². The number of hydrogen-bond donors (Lipinski definition) is 0. The molecule has 0 saturated carbocycles.